The van der Waals surface area contributed by atoms with Gasteiger partial charge in [0.2, 0.25) is 0 Å². The molecular formula is C19H19NO4. The van der Waals surface area contributed by atoms with Gasteiger partial charge in [-0.2, -0.15) is 5.06 Å². The number of nitrogens with zero attached hydrogens (tertiary/aromatic N) is 1. The number of anilines is 1. The number of epoxide rings is 1. The Kier molecular flexibility index (Phi) is 4.19. The Labute approximate surface area is 140 Å². The molecule has 0 N–H and O–H groups in total. The molecule has 0 saturated carbocycles. The Morgan fingerprint density at radius 3 is 2.71 bits per heavy atom. The average molecular weight is 325 g/mol. The van der Waals surface area contributed by atoms with E-state index < -0.39 is 0 Å². The van der Waals surface area contributed by atoms with Crippen molar-refractivity contribution >= 4 is 11.6 Å². The van der Waals surface area contributed by atoms with Crippen LogP contribution in [0.25, 0.3) is 0 Å². The van der Waals surface area contributed by atoms with Gasteiger partial charge in [0.25, 0.3) is 5.91 Å². The maximum Gasteiger partial charge on any atom is 0.251 e. The largest absolute Gasteiger partial charge is 0.487 e. The monoisotopic (exact) mass is 325 g/mol. The molecule has 1 fully saturated rings. The Hall–Kier alpha value is -2.37. The van der Waals surface area contributed by atoms with Crippen LogP contribution in [0.3, 0.4) is 0 Å². The number of rotatable bonds is 6. The number of carbonyl (C=O) groups is 1. The molecule has 1 saturated heterocycles. The van der Waals surface area contributed by atoms with E-state index in [9.17, 15) is 4.79 Å². The molecule has 0 radical (unpaired) electrons. The van der Waals surface area contributed by atoms with Crippen molar-refractivity contribution in [2.45, 2.75) is 25.6 Å². The molecule has 5 heteroatoms. The zero-order valence-electron chi connectivity index (χ0n) is 13.3. The summed E-state index contributed by atoms with van der Waals surface area (Å²) in [5, 5.41) is 1.39. The van der Waals surface area contributed by atoms with Crippen molar-refractivity contribution in [3.8, 4) is 5.75 Å². The van der Waals surface area contributed by atoms with Gasteiger partial charge in [0.15, 0.2) is 0 Å². The minimum atomic E-state index is -0.0427. The van der Waals surface area contributed by atoms with Crippen LogP contribution in [-0.4, -0.2) is 25.2 Å². The summed E-state index contributed by atoms with van der Waals surface area (Å²) in [6.07, 6.45) is 1.25. The summed E-state index contributed by atoms with van der Waals surface area (Å²) in [4.78, 5) is 18.0. The van der Waals surface area contributed by atoms with Gasteiger partial charge < -0.3 is 9.47 Å². The highest BCUT2D eigenvalue weighted by Crippen LogP contribution is 2.37. The summed E-state index contributed by atoms with van der Waals surface area (Å²) in [6, 6.07) is 15.8. The topological polar surface area (TPSA) is 51.3 Å². The highest BCUT2D eigenvalue weighted by molar-refractivity contribution is 5.96. The molecule has 4 rings (SSSR count). The third-order valence-electron chi connectivity index (χ3n) is 4.15. The van der Waals surface area contributed by atoms with Crippen LogP contribution in [-0.2, 0) is 27.4 Å². The van der Waals surface area contributed by atoms with Crippen molar-refractivity contribution in [2.75, 3.05) is 18.3 Å². The highest BCUT2D eigenvalue weighted by Gasteiger charge is 2.31. The molecule has 24 heavy (non-hydrogen) atoms. The number of para-hydroxylation sites is 1. The summed E-state index contributed by atoms with van der Waals surface area (Å²) in [6.45, 7) is 1.53. The number of ether oxygens (including phenoxy) is 2. The van der Waals surface area contributed by atoms with E-state index in [0.29, 0.717) is 38.4 Å². The van der Waals surface area contributed by atoms with Crippen LogP contribution in [0.15, 0.2) is 48.5 Å². The van der Waals surface area contributed by atoms with Crippen LogP contribution in [0.2, 0.25) is 0 Å². The van der Waals surface area contributed by atoms with E-state index >= 15 is 0 Å². The molecule has 2 aliphatic heterocycles. The summed E-state index contributed by atoms with van der Waals surface area (Å²) in [7, 11) is 0. The van der Waals surface area contributed by atoms with Crippen LogP contribution in [0.5, 0.6) is 5.75 Å². The van der Waals surface area contributed by atoms with Crippen molar-refractivity contribution in [3.63, 3.8) is 0 Å². The molecule has 2 aromatic carbocycles. The first-order valence-corrected chi connectivity index (χ1v) is 8.17. The molecule has 2 aliphatic rings. The molecule has 2 aromatic rings. The molecule has 0 unspecified atom stereocenters. The fraction of sp³-hybridized carbons (Fsp3) is 0.316. The van der Waals surface area contributed by atoms with Gasteiger partial charge in [0.05, 0.1) is 6.61 Å². The van der Waals surface area contributed by atoms with Gasteiger partial charge in [-0.25, -0.2) is 0 Å². The third-order valence-corrected chi connectivity index (χ3v) is 4.15. The average Bonchev–Trinajstić information content (AvgIpc) is 3.44. The summed E-state index contributed by atoms with van der Waals surface area (Å²) in [5.74, 6) is 0.625. The van der Waals surface area contributed by atoms with Gasteiger partial charge in [-0.15, -0.1) is 0 Å². The maximum atomic E-state index is 12.3. The minimum absolute atomic E-state index is 0.0427. The van der Waals surface area contributed by atoms with Crippen LogP contribution < -0.4 is 9.80 Å². The Morgan fingerprint density at radius 2 is 1.92 bits per heavy atom. The predicted octanol–water partition coefficient (Wildman–Crippen LogP) is 2.88. The molecule has 124 valence electrons. The number of hydrogen-bond donors (Lipinski definition) is 0. The Morgan fingerprint density at radius 1 is 1.08 bits per heavy atom. The van der Waals surface area contributed by atoms with Crippen LogP contribution in [0.4, 0.5) is 5.69 Å². The first-order chi connectivity index (χ1) is 11.8. The number of hydrogen-bond acceptors (Lipinski definition) is 4. The zero-order valence-corrected chi connectivity index (χ0v) is 13.3. The second-order valence-corrected chi connectivity index (χ2v) is 5.98. The lowest BCUT2D eigenvalue weighted by molar-refractivity contribution is -0.126. The van der Waals surface area contributed by atoms with E-state index in [-0.39, 0.29) is 12.0 Å². The highest BCUT2D eigenvalue weighted by atomic mass is 16.7. The predicted molar refractivity (Wildman–Crippen MR) is 88.7 cm³/mol. The van der Waals surface area contributed by atoms with Gasteiger partial charge in [-0.3, -0.25) is 9.63 Å². The van der Waals surface area contributed by atoms with E-state index in [1.165, 1.54) is 5.06 Å². The van der Waals surface area contributed by atoms with Gasteiger partial charge in [-0.05, 0) is 23.6 Å². The van der Waals surface area contributed by atoms with E-state index in [0.717, 1.165) is 16.8 Å². The lowest BCUT2D eigenvalue weighted by atomic mass is 10.0. The second-order valence-electron chi connectivity index (χ2n) is 5.98. The number of carbonyl (C=O) groups excluding carboxylic acids is 1. The smallest absolute Gasteiger partial charge is 0.251 e. The molecule has 1 amide bonds. The summed E-state index contributed by atoms with van der Waals surface area (Å²) in [5.41, 5.74) is 2.87. The van der Waals surface area contributed by atoms with Gasteiger partial charge >= 0.3 is 0 Å². The molecule has 0 spiro atoms. The zero-order chi connectivity index (χ0) is 16.4. The van der Waals surface area contributed by atoms with E-state index in [1.807, 2.05) is 48.5 Å². The minimum Gasteiger partial charge on any atom is -0.487 e. The van der Waals surface area contributed by atoms with Crippen molar-refractivity contribution in [2.24, 2.45) is 0 Å². The number of benzene rings is 2. The van der Waals surface area contributed by atoms with Crippen molar-refractivity contribution < 1.29 is 19.1 Å². The van der Waals surface area contributed by atoms with Crippen LogP contribution in [0.1, 0.15) is 17.5 Å². The summed E-state index contributed by atoms with van der Waals surface area (Å²) >= 11 is 0. The van der Waals surface area contributed by atoms with Crippen molar-refractivity contribution in [1.82, 2.24) is 0 Å². The fourth-order valence-electron chi connectivity index (χ4n) is 2.78. The standard InChI is InChI=1S/C19H19NO4/c21-18-10-9-15-7-4-8-17(23-11-14-5-2-1-3-6-14)19(15)20(18)24-13-16-12-22-16/h1-8,16H,9-13H2/t16-/m0/s1. The normalized spacial score (nSPS) is 19.1. The molecule has 0 bridgehead atoms. The fourth-order valence-corrected chi connectivity index (χ4v) is 2.78. The van der Waals surface area contributed by atoms with Gasteiger partial charge in [0.1, 0.15) is 30.8 Å². The van der Waals surface area contributed by atoms with Crippen molar-refractivity contribution in [1.29, 1.82) is 0 Å². The number of fused-ring (bicyclic) bond motifs is 1. The Balaban J connectivity index is 1.57. The molecule has 5 nitrogen and oxygen atoms in total. The molecule has 1 atom stereocenters. The van der Waals surface area contributed by atoms with Gasteiger partial charge in [-0.1, -0.05) is 42.5 Å². The van der Waals surface area contributed by atoms with E-state index in [4.69, 9.17) is 14.3 Å². The first kappa shape index (κ1) is 15.2. The molecular weight excluding hydrogens is 306 g/mol. The Bertz CT molecular complexity index is 727. The second kappa shape index (κ2) is 6.63. The first-order valence-electron chi connectivity index (χ1n) is 8.17. The quantitative estimate of drug-likeness (QED) is 0.766. The van der Waals surface area contributed by atoms with Crippen LogP contribution >= 0.6 is 0 Å². The van der Waals surface area contributed by atoms with Crippen molar-refractivity contribution in [3.05, 3.63) is 59.7 Å². The third kappa shape index (κ3) is 3.27. The molecule has 0 aromatic heterocycles. The summed E-state index contributed by atoms with van der Waals surface area (Å²) < 4.78 is 11.2. The lowest BCUT2D eigenvalue weighted by Crippen LogP contribution is -2.36. The number of amides is 1. The van der Waals surface area contributed by atoms with E-state index in [2.05, 4.69) is 0 Å². The number of hydroxylamine groups is 1. The SMILES string of the molecule is O=C1CCc2cccc(OCc3ccccc3)c2N1OC[C@@H]1CO1. The van der Waals surface area contributed by atoms with Crippen LogP contribution in [0, 0.1) is 0 Å². The van der Waals surface area contributed by atoms with Gasteiger partial charge in [0, 0.05) is 6.42 Å². The lowest BCUT2D eigenvalue weighted by Gasteiger charge is -2.29. The maximum absolute atomic E-state index is 12.3. The number of aryl methyl sites for hydroxylation is 1. The van der Waals surface area contributed by atoms with E-state index in [1.54, 1.807) is 0 Å². The molecule has 0 aliphatic carbocycles. The molecule has 2 heterocycles.